The van der Waals surface area contributed by atoms with Gasteiger partial charge in [0.1, 0.15) is 6.61 Å². The molecule has 0 N–H and O–H groups in total. The minimum Gasteiger partial charge on any atom is -0.457 e. The Labute approximate surface area is 88.1 Å². The second-order valence-corrected chi connectivity index (χ2v) is 3.07. The lowest BCUT2D eigenvalue weighted by atomic mass is 10.2. The lowest BCUT2D eigenvalue weighted by molar-refractivity contribution is -0.140. The molecule has 14 heavy (non-hydrogen) atoms. The zero-order valence-electron chi connectivity index (χ0n) is 7.87. The van der Waals surface area contributed by atoms with Crippen molar-refractivity contribution in [3.05, 3.63) is 47.0 Å². The number of benzene rings is 1. The maximum atomic E-state index is 11.2. The van der Waals surface area contributed by atoms with E-state index >= 15 is 0 Å². The van der Waals surface area contributed by atoms with E-state index in [-0.39, 0.29) is 12.6 Å². The van der Waals surface area contributed by atoms with Crippen LogP contribution in [-0.4, -0.2) is 5.97 Å². The topological polar surface area (TPSA) is 26.3 Å². The predicted octanol–water partition coefficient (Wildman–Crippen LogP) is 2.87. The molecule has 0 unspecified atom stereocenters. The molecule has 0 aromatic heterocycles. The number of rotatable bonds is 3. The van der Waals surface area contributed by atoms with Crippen LogP contribution in [0.4, 0.5) is 0 Å². The number of carbonyl (C=O) groups excluding carboxylic acids is 1. The van der Waals surface area contributed by atoms with E-state index in [0.29, 0.717) is 5.57 Å². The van der Waals surface area contributed by atoms with Crippen LogP contribution in [-0.2, 0) is 16.1 Å². The number of hydrogen-bond donors (Lipinski definition) is 0. The molecule has 0 fully saturated rings. The molecule has 74 valence electrons. The highest BCUT2D eigenvalue weighted by atomic mass is 35.5. The fraction of sp³-hybridized carbons (Fsp3) is 0.182. The van der Waals surface area contributed by atoms with Crippen LogP contribution in [0.25, 0.3) is 0 Å². The molecule has 0 aliphatic carbocycles. The minimum atomic E-state index is -0.385. The summed E-state index contributed by atoms with van der Waals surface area (Å²) in [6.07, 6.45) is 0. The molecule has 1 aromatic rings. The van der Waals surface area contributed by atoms with Crippen molar-refractivity contribution in [3.8, 4) is 0 Å². The highest BCUT2D eigenvalue weighted by Gasteiger charge is 2.04. The first kappa shape index (κ1) is 10.8. The van der Waals surface area contributed by atoms with Gasteiger partial charge in [-0.15, -0.1) is 0 Å². The Kier molecular flexibility index (Phi) is 4.20. The lowest BCUT2D eigenvalue weighted by Gasteiger charge is -2.03. The summed E-state index contributed by atoms with van der Waals surface area (Å²) in [7, 11) is 0. The molecule has 0 spiro atoms. The van der Waals surface area contributed by atoms with Crippen LogP contribution in [0.3, 0.4) is 0 Å². The quantitative estimate of drug-likeness (QED) is 0.567. The minimum absolute atomic E-state index is 0.280. The average Bonchev–Trinajstić information content (AvgIpc) is 2.26. The SMILES string of the molecule is CC(=CCl)C(=O)OCc1ccccc1. The third kappa shape index (κ3) is 3.23. The second-order valence-electron chi connectivity index (χ2n) is 2.85. The molecule has 1 aromatic carbocycles. The second kappa shape index (κ2) is 5.45. The van der Waals surface area contributed by atoms with Gasteiger partial charge in [0.25, 0.3) is 0 Å². The van der Waals surface area contributed by atoms with Crippen LogP contribution in [0.15, 0.2) is 41.4 Å². The van der Waals surface area contributed by atoms with Gasteiger partial charge < -0.3 is 4.74 Å². The Morgan fingerprint density at radius 3 is 2.64 bits per heavy atom. The van der Waals surface area contributed by atoms with Crippen molar-refractivity contribution in [1.29, 1.82) is 0 Å². The van der Waals surface area contributed by atoms with Gasteiger partial charge in [-0.05, 0) is 12.5 Å². The van der Waals surface area contributed by atoms with Gasteiger partial charge in [-0.2, -0.15) is 0 Å². The van der Waals surface area contributed by atoms with Crippen LogP contribution >= 0.6 is 11.6 Å². The van der Waals surface area contributed by atoms with Crippen molar-refractivity contribution in [3.63, 3.8) is 0 Å². The number of ether oxygens (including phenoxy) is 1. The van der Waals surface area contributed by atoms with Crippen LogP contribution in [0.5, 0.6) is 0 Å². The van der Waals surface area contributed by atoms with E-state index in [0.717, 1.165) is 5.56 Å². The summed E-state index contributed by atoms with van der Waals surface area (Å²) in [6.45, 7) is 1.89. The van der Waals surface area contributed by atoms with Crippen molar-refractivity contribution in [2.45, 2.75) is 13.5 Å². The van der Waals surface area contributed by atoms with Gasteiger partial charge in [0.05, 0.1) is 0 Å². The first-order valence-corrected chi connectivity index (χ1v) is 4.65. The number of halogens is 1. The Hall–Kier alpha value is -1.28. The molecule has 1 rings (SSSR count). The number of hydrogen-bond acceptors (Lipinski definition) is 2. The van der Waals surface area contributed by atoms with Gasteiger partial charge in [0.15, 0.2) is 0 Å². The van der Waals surface area contributed by atoms with Gasteiger partial charge in [-0.1, -0.05) is 41.9 Å². The summed E-state index contributed by atoms with van der Waals surface area (Å²) in [6, 6.07) is 9.50. The Morgan fingerprint density at radius 2 is 2.07 bits per heavy atom. The normalized spacial score (nSPS) is 11.1. The molecule has 0 aliphatic rings. The van der Waals surface area contributed by atoms with E-state index in [1.165, 1.54) is 5.54 Å². The van der Waals surface area contributed by atoms with Gasteiger partial charge >= 0.3 is 5.97 Å². The third-order valence-corrected chi connectivity index (χ3v) is 2.03. The van der Waals surface area contributed by atoms with E-state index in [1.807, 2.05) is 30.3 Å². The van der Waals surface area contributed by atoms with E-state index in [2.05, 4.69) is 0 Å². The summed E-state index contributed by atoms with van der Waals surface area (Å²) in [4.78, 5) is 11.2. The molecule has 0 saturated heterocycles. The van der Waals surface area contributed by atoms with Crippen molar-refractivity contribution in [2.24, 2.45) is 0 Å². The number of carbonyl (C=O) groups is 1. The van der Waals surface area contributed by atoms with Crippen molar-refractivity contribution in [1.82, 2.24) is 0 Å². The molecule has 3 heteroatoms. The molecule has 0 amide bonds. The molecule has 0 heterocycles. The molecular formula is C11H11ClO2. The van der Waals surface area contributed by atoms with Crippen molar-refractivity contribution >= 4 is 17.6 Å². The average molecular weight is 211 g/mol. The monoisotopic (exact) mass is 210 g/mol. The van der Waals surface area contributed by atoms with Gasteiger partial charge in [-0.3, -0.25) is 0 Å². The maximum Gasteiger partial charge on any atom is 0.334 e. The van der Waals surface area contributed by atoms with Crippen LogP contribution < -0.4 is 0 Å². The fourth-order valence-electron chi connectivity index (χ4n) is 0.881. The standard InChI is InChI=1S/C11H11ClO2/c1-9(7-12)11(13)14-8-10-5-3-2-4-6-10/h2-7H,8H2,1H3. The molecule has 0 aliphatic heterocycles. The zero-order valence-corrected chi connectivity index (χ0v) is 8.62. The third-order valence-electron chi connectivity index (χ3n) is 1.70. The van der Waals surface area contributed by atoms with Gasteiger partial charge in [0, 0.05) is 11.1 Å². The summed E-state index contributed by atoms with van der Waals surface area (Å²) in [5.74, 6) is -0.385. The molecule has 0 saturated carbocycles. The first-order chi connectivity index (χ1) is 6.74. The maximum absolute atomic E-state index is 11.2. The van der Waals surface area contributed by atoms with Crippen LogP contribution in [0.2, 0.25) is 0 Å². The van der Waals surface area contributed by atoms with E-state index in [4.69, 9.17) is 16.3 Å². The first-order valence-electron chi connectivity index (χ1n) is 4.22. The molecule has 2 nitrogen and oxygen atoms in total. The fourth-order valence-corrected chi connectivity index (χ4v) is 0.971. The Morgan fingerprint density at radius 1 is 1.43 bits per heavy atom. The molecule has 0 atom stereocenters. The summed E-state index contributed by atoms with van der Waals surface area (Å²) < 4.78 is 4.99. The largest absolute Gasteiger partial charge is 0.457 e. The summed E-state index contributed by atoms with van der Waals surface area (Å²) in [5.41, 5.74) is 2.58. The highest BCUT2D eigenvalue weighted by Crippen LogP contribution is 2.04. The van der Waals surface area contributed by atoms with Crippen LogP contribution in [0, 0.1) is 0 Å². The van der Waals surface area contributed by atoms with Crippen molar-refractivity contribution < 1.29 is 9.53 Å². The van der Waals surface area contributed by atoms with Gasteiger partial charge in [0.2, 0.25) is 0 Å². The van der Waals surface area contributed by atoms with E-state index < -0.39 is 0 Å². The van der Waals surface area contributed by atoms with E-state index in [1.54, 1.807) is 6.92 Å². The van der Waals surface area contributed by atoms with Crippen molar-refractivity contribution in [2.75, 3.05) is 0 Å². The Balaban J connectivity index is 2.46. The predicted molar refractivity (Wildman–Crippen MR) is 55.8 cm³/mol. The zero-order chi connectivity index (χ0) is 10.4. The molecule has 0 radical (unpaired) electrons. The smallest absolute Gasteiger partial charge is 0.334 e. The van der Waals surface area contributed by atoms with E-state index in [9.17, 15) is 4.79 Å². The summed E-state index contributed by atoms with van der Waals surface area (Å²) >= 11 is 5.37. The molecule has 0 bridgehead atoms. The highest BCUT2D eigenvalue weighted by molar-refractivity contribution is 6.27. The lowest BCUT2D eigenvalue weighted by Crippen LogP contribution is -2.05. The van der Waals surface area contributed by atoms with Gasteiger partial charge in [-0.25, -0.2) is 4.79 Å². The Bertz CT molecular complexity index is 330. The molecular weight excluding hydrogens is 200 g/mol. The van der Waals surface area contributed by atoms with Crippen LogP contribution in [0.1, 0.15) is 12.5 Å². The summed E-state index contributed by atoms with van der Waals surface area (Å²) in [5, 5.41) is 0. The number of esters is 1.